The number of carbonyl (C=O) groups is 1. The highest BCUT2D eigenvalue weighted by atomic mass is 19.4. The Morgan fingerprint density at radius 3 is 2.55 bits per heavy atom. The quantitative estimate of drug-likeness (QED) is 0.717. The van der Waals surface area contributed by atoms with E-state index in [1.54, 1.807) is 4.90 Å². The Morgan fingerprint density at radius 2 is 1.97 bits per heavy atom. The maximum atomic E-state index is 14.6. The Hall–Kier alpha value is -1.83. The van der Waals surface area contributed by atoms with Crippen LogP contribution < -0.4 is 10.6 Å². The van der Waals surface area contributed by atoms with Crippen molar-refractivity contribution in [2.75, 3.05) is 25.0 Å². The van der Waals surface area contributed by atoms with E-state index in [2.05, 4.69) is 0 Å². The Balaban J connectivity index is 1.79. The third kappa shape index (κ3) is 4.37. The SMILES string of the molecule is CC(C)C[C@@H](C(N)=O)N(C)[C@H]1CC[C@@H]2CN(c3cccc(C(F)(F)F)c3F)C[C@@H]21. The monoisotopic (exact) mass is 415 g/mol. The molecule has 8 heteroatoms. The molecular weight excluding hydrogens is 386 g/mol. The molecule has 29 heavy (non-hydrogen) atoms. The molecule has 0 unspecified atom stereocenters. The zero-order valence-corrected chi connectivity index (χ0v) is 17.0. The Labute approximate surface area is 169 Å². The molecule has 0 spiro atoms. The lowest BCUT2D eigenvalue weighted by Gasteiger charge is -2.35. The number of benzene rings is 1. The minimum atomic E-state index is -4.72. The van der Waals surface area contributed by atoms with Gasteiger partial charge in [-0.05, 0) is 56.2 Å². The first-order valence-electron chi connectivity index (χ1n) is 10.1. The molecule has 1 amide bonds. The molecule has 2 fully saturated rings. The Kier molecular flexibility index (Phi) is 6.13. The second-order valence-electron chi connectivity index (χ2n) is 8.82. The van der Waals surface area contributed by atoms with E-state index in [-0.39, 0.29) is 35.5 Å². The number of hydrogen-bond donors (Lipinski definition) is 1. The average molecular weight is 415 g/mol. The smallest absolute Gasteiger partial charge is 0.369 e. The van der Waals surface area contributed by atoms with Gasteiger partial charge in [0.15, 0.2) is 5.82 Å². The number of nitrogens with two attached hydrogens (primary N) is 1. The van der Waals surface area contributed by atoms with Gasteiger partial charge >= 0.3 is 6.18 Å². The highest BCUT2D eigenvalue weighted by molar-refractivity contribution is 5.79. The molecule has 1 aliphatic carbocycles. The summed E-state index contributed by atoms with van der Waals surface area (Å²) < 4.78 is 53.8. The van der Waals surface area contributed by atoms with E-state index in [1.165, 1.54) is 12.1 Å². The number of alkyl halides is 3. The summed E-state index contributed by atoms with van der Waals surface area (Å²) in [7, 11) is 1.90. The van der Waals surface area contributed by atoms with Gasteiger partial charge in [0, 0.05) is 19.1 Å². The summed E-state index contributed by atoms with van der Waals surface area (Å²) in [5, 5.41) is 0. The van der Waals surface area contributed by atoms with E-state index in [4.69, 9.17) is 5.73 Å². The number of rotatable bonds is 6. The van der Waals surface area contributed by atoms with Crippen molar-refractivity contribution in [2.45, 2.75) is 51.4 Å². The predicted octanol–water partition coefficient (Wildman–Crippen LogP) is 3.89. The fourth-order valence-electron chi connectivity index (χ4n) is 5.08. The molecule has 2 N–H and O–H groups in total. The fourth-order valence-corrected chi connectivity index (χ4v) is 5.08. The van der Waals surface area contributed by atoms with Crippen LogP contribution in [-0.4, -0.2) is 43.0 Å². The van der Waals surface area contributed by atoms with Crippen LogP contribution in [0.2, 0.25) is 0 Å². The third-order valence-electron chi connectivity index (χ3n) is 6.48. The van der Waals surface area contributed by atoms with Crippen molar-refractivity contribution < 1.29 is 22.4 Å². The number of primary amides is 1. The van der Waals surface area contributed by atoms with Crippen LogP contribution in [0.1, 0.15) is 38.7 Å². The van der Waals surface area contributed by atoms with Gasteiger partial charge in [-0.1, -0.05) is 19.9 Å². The topological polar surface area (TPSA) is 49.6 Å². The normalized spacial score (nSPS) is 25.7. The standard InChI is InChI=1S/C21H29F4N3O/c1-12(2)9-18(20(26)29)27(3)16-8-7-13-10-28(11-14(13)16)17-6-4-5-15(19(17)22)21(23,24)25/h4-6,12-14,16,18H,7-11H2,1-3H3,(H2,26,29)/t13-,14+,16+,18+/m1/s1. The number of anilines is 1. The summed E-state index contributed by atoms with van der Waals surface area (Å²) in [4.78, 5) is 15.8. The van der Waals surface area contributed by atoms with E-state index in [9.17, 15) is 22.4 Å². The van der Waals surface area contributed by atoms with Crippen LogP contribution in [0.4, 0.5) is 23.2 Å². The molecular formula is C21H29F4N3O. The molecule has 0 radical (unpaired) electrons. The van der Waals surface area contributed by atoms with E-state index in [0.29, 0.717) is 25.4 Å². The number of hydrogen-bond acceptors (Lipinski definition) is 3. The van der Waals surface area contributed by atoms with Crippen molar-refractivity contribution >= 4 is 11.6 Å². The minimum Gasteiger partial charge on any atom is -0.369 e. The summed E-state index contributed by atoms with van der Waals surface area (Å²) in [5.74, 6) is -0.818. The fraction of sp³-hybridized carbons (Fsp3) is 0.667. The van der Waals surface area contributed by atoms with Crippen molar-refractivity contribution in [3.8, 4) is 0 Å². The molecule has 1 aromatic rings. The van der Waals surface area contributed by atoms with Gasteiger partial charge in [-0.3, -0.25) is 9.69 Å². The zero-order valence-electron chi connectivity index (χ0n) is 17.0. The Morgan fingerprint density at radius 1 is 1.28 bits per heavy atom. The predicted molar refractivity (Wildman–Crippen MR) is 104 cm³/mol. The summed E-state index contributed by atoms with van der Waals surface area (Å²) in [6.07, 6.45) is -2.24. The summed E-state index contributed by atoms with van der Waals surface area (Å²) in [6.45, 7) is 5.08. The van der Waals surface area contributed by atoms with Crippen LogP contribution in [0.15, 0.2) is 18.2 Å². The van der Waals surface area contributed by atoms with E-state index in [0.717, 1.165) is 18.9 Å². The lowest BCUT2D eigenvalue weighted by atomic mass is 9.94. The number of nitrogens with zero attached hydrogens (tertiary/aromatic N) is 2. The number of likely N-dealkylation sites (N-methyl/N-ethyl adjacent to an activating group) is 1. The molecule has 1 saturated carbocycles. The van der Waals surface area contributed by atoms with E-state index in [1.807, 2.05) is 25.8 Å². The first kappa shape index (κ1) is 21.9. The molecule has 2 aliphatic rings. The number of carbonyl (C=O) groups excluding carboxylic acids is 1. The van der Waals surface area contributed by atoms with Gasteiger partial charge in [0.1, 0.15) is 0 Å². The minimum absolute atomic E-state index is 0.00394. The molecule has 3 rings (SSSR count). The lowest BCUT2D eigenvalue weighted by Crippen LogP contribution is -2.50. The van der Waals surface area contributed by atoms with Gasteiger partial charge in [-0.2, -0.15) is 13.2 Å². The molecule has 0 bridgehead atoms. The number of amides is 1. The molecule has 4 nitrogen and oxygen atoms in total. The van der Waals surface area contributed by atoms with Crippen molar-refractivity contribution in [1.29, 1.82) is 0 Å². The van der Waals surface area contributed by atoms with Gasteiger partial charge in [-0.15, -0.1) is 0 Å². The van der Waals surface area contributed by atoms with Gasteiger partial charge in [-0.25, -0.2) is 4.39 Å². The van der Waals surface area contributed by atoms with E-state index < -0.39 is 17.6 Å². The first-order chi connectivity index (χ1) is 13.5. The third-order valence-corrected chi connectivity index (χ3v) is 6.48. The van der Waals surface area contributed by atoms with Crippen molar-refractivity contribution in [2.24, 2.45) is 23.5 Å². The van der Waals surface area contributed by atoms with Crippen LogP contribution in [0.5, 0.6) is 0 Å². The molecule has 1 aliphatic heterocycles. The second-order valence-corrected chi connectivity index (χ2v) is 8.82. The molecule has 4 atom stereocenters. The zero-order chi connectivity index (χ0) is 21.5. The Bertz CT molecular complexity index is 752. The second kappa shape index (κ2) is 8.13. The molecule has 0 aromatic heterocycles. The average Bonchev–Trinajstić information content (AvgIpc) is 3.18. The van der Waals surface area contributed by atoms with Crippen molar-refractivity contribution in [1.82, 2.24) is 4.90 Å². The van der Waals surface area contributed by atoms with Crippen LogP contribution in [-0.2, 0) is 11.0 Å². The maximum Gasteiger partial charge on any atom is 0.419 e. The van der Waals surface area contributed by atoms with Crippen molar-refractivity contribution in [3.05, 3.63) is 29.6 Å². The van der Waals surface area contributed by atoms with Crippen LogP contribution in [0.3, 0.4) is 0 Å². The van der Waals surface area contributed by atoms with Crippen LogP contribution in [0.25, 0.3) is 0 Å². The van der Waals surface area contributed by atoms with Crippen LogP contribution >= 0.6 is 0 Å². The van der Waals surface area contributed by atoms with Gasteiger partial charge in [0.05, 0.1) is 17.3 Å². The number of fused-ring (bicyclic) bond motifs is 1. The van der Waals surface area contributed by atoms with Crippen LogP contribution in [0, 0.1) is 23.6 Å². The maximum absolute atomic E-state index is 14.6. The summed E-state index contributed by atoms with van der Waals surface area (Å²) in [6, 6.07) is 3.17. The summed E-state index contributed by atoms with van der Waals surface area (Å²) in [5.41, 5.74) is 4.41. The van der Waals surface area contributed by atoms with Gasteiger partial charge in [0.25, 0.3) is 0 Å². The highest BCUT2D eigenvalue weighted by Gasteiger charge is 2.47. The number of halogens is 4. The highest BCUT2D eigenvalue weighted by Crippen LogP contribution is 2.44. The molecule has 1 saturated heterocycles. The summed E-state index contributed by atoms with van der Waals surface area (Å²) >= 11 is 0. The molecule has 162 valence electrons. The largest absolute Gasteiger partial charge is 0.419 e. The van der Waals surface area contributed by atoms with Gasteiger partial charge < -0.3 is 10.6 Å². The van der Waals surface area contributed by atoms with Gasteiger partial charge in [0.2, 0.25) is 5.91 Å². The molecule has 1 aromatic carbocycles. The lowest BCUT2D eigenvalue weighted by molar-refractivity contribution is -0.139. The molecule has 1 heterocycles. The first-order valence-corrected chi connectivity index (χ1v) is 10.1. The van der Waals surface area contributed by atoms with Crippen molar-refractivity contribution in [3.63, 3.8) is 0 Å². The van der Waals surface area contributed by atoms with E-state index >= 15 is 0 Å².